The zero-order valence-electron chi connectivity index (χ0n) is 15.9. The van der Waals surface area contributed by atoms with E-state index in [1.54, 1.807) is 0 Å². The molecule has 2 heterocycles. The molecule has 0 saturated carbocycles. The van der Waals surface area contributed by atoms with Gasteiger partial charge in [-0.1, -0.05) is 41.4 Å². The first kappa shape index (κ1) is 19.4. The number of halogens is 2. The molecule has 0 spiro atoms. The lowest BCUT2D eigenvalue weighted by Gasteiger charge is -2.20. The Bertz CT molecular complexity index is 986. The minimum Gasteiger partial charge on any atom is -0.361 e. The molecule has 28 heavy (non-hydrogen) atoms. The molecule has 5 nitrogen and oxygen atoms in total. The van der Waals surface area contributed by atoms with Crippen LogP contribution in [0.15, 0.2) is 42.5 Å². The van der Waals surface area contributed by atoms with Gasteiger partial charge in [0, 0.05) is 27.6 Å². The summed E-state index contributed by atoms with van der Waals surface area (Å²) < 4.78 is 8.37. The number of hydrogen-bond donors (Lipinski definition) is 0. The lowest BCUT2D eigenvalue weighted by molar-refractivity contribution is 0.0655. The zero-order chi connectivity index (χ0) is 19.7. The molecule has 1 aliphatic heterocycles. The lowest BCUT2D eigenvalue weighted by Crippen LogP contribution is -2.15. The molecule has 0 N–H and O–H groups in total. The molecule has 0 aliphatic carbocycles. The molecule has 0 saturated heterocycles. The van der Waals surface area contributed by atoms with Crippen LogP contribution < -0.4 is 0 Å². The molecular formula is C21H22Cl2N4O. The summed E-state index contributed by atoms with van der Waals surface area (Å²) in [6.07, 6.45) is 1.52. The van der Waals surface area contributed by atoms with Crippen molar-refractivity contribution in [3.05, 3.63) is 75.3 Å². The minimum atomic E-state index is -0.321. The SMILES string of the molecule is CN(C)CCCc1nnc2n1-c1ccc(Cl)cc1C(c1ccccc1Cl)OC2. The van der Waals surface area contributed by atoms with Crippen LogP contribution in [-0.2, 0) is 17.8 Å². The van der Waals surface area contributed by atoms with Crippen molar-refractivity contribution in [3.8, 4) is 5.69 Å². The van der Waals surface area contributed by atoms with Crippen molar-refractivity contribution >= 4 is 23.2 Å². The van der Waals surface area contributed by atoms with Crippen LogP contribution in [0.5, 0.6) is 0 Å². The van der Waals surface area contributed by atoms with E-state index < -0.39 is 0 Å². The van der Waals surface area contributed by atoms with Gasteiger partial charge in [-0.2, -0.15) is 0 Å². The van der Waals surface area contributed by atoms with E-state index in [4.69, 9.17) is 27.9 Å². The van der Waals surface area contributed by atoms with E-state index in [-0.39, 0.29) is 6.10 Å². The van der Waals surface area contributed by atoms with E-state index in [0.29, 0.717) is 16.7 Å². The van der Waals surface area contributed by atoms with Gasteiger partial charge in [0.25, 0.3) is 0 Å². The Balaban J connectivity index is 1.79. The fourth-order valence-corrected chi connectivity index (χ4v) is 3.99. The highest BCUT2D eigenvalue weighted by Gasteiger charge is 2.28. The maximum atomic E-state index is 6.48. The molecule has 4 rings (SSSR count). The molecule has 0 amide bonds. The smallest absolute Gasteiger partial charge is 0.163 e. The van der Waals surface area contributed by atoms with E-state index in [0.717, 1.165) is 47.8 Å². The van der Waals surface area contributed by atoms with Crippen molar-refractivity contribution in [2.45, 2.75) is 25.6 Å². The van der Waals surface area contributed by atoms with Crippen LogP contribution in [0.3, 0.4) is 0 Å². The normalized spacial score (nSPS) is 16.0. The molecule has 146 valence electrons. The number of fused-ring (bicyclic) bond motifs is 3. The monoisotopic (exact) mass is 416 g/mol. The molecule has 0 fully saturated rings. The summed E-state index contributed by atoms with van der Waals surface area (Å²) in [6, 6.07) is 13.6. The van der Waals surface area contributed by atoms with Gasteiger partial charge in [-0.05, 0) is 51.3 Å². The molecule has 1 aromatic heterocycles. The Morgan fingerprint density at radius 2 is 1.93 bits per heavy atom. The molecule has 7 heteroatoms. The lowest BCUT2D eigenvalue weighted by atomic mass is 9.99. The second-order valence-corrected chi connectivity index (χ2v) is 8.03. The van der Waals surface area contributed by atoms with E-state index >= 15 is 0 Å². The molecule has 3 aromatic rings. The molecule has 1 aliphatic rings. The first-order valence-electron chi connectivity index (χ1n) is 9.28. The molecule has 0 radical (unpaired) electrons. The summed E-state index contributed by atoms with van der Waals surface area (Å²) in [5, 5.41) is 10.1. The van der Waals surface area contributed by atoms with Crippen LogP contribution in [0.1, 0.15) is 35.3 Å². The van der Waals surface area contributed by atoms with Crippen molar-refractivity contribution in [3.63, 3.8) is 0 Å². The Morgan fingerprint density at radius 3 is 2.71 bits per heavy atom. The van der Waals surface area contributed by atoms with Crippen LogP contribution in [0.4, 0.5) is 0 Å². The number of benzene rings is 2. The van der Waals surface area contributed by atoms with Crippen molar-refractivity contribution in [2.24, 2.45) is 0 Å². The standard InChI is InChI=1S/C21H22Cl2N4O/c1-26(2)11-5-8-19-24-25-20-13-28-21(15-6-3-4-7-17(15)23)16-12-14(22)9-10-18(16)27(19)20/h3-4,6-7,9-10,12,21H,5,8,11,13H2,1-2H3. The molecule has 0 bridgehead atoms. The van der Waals surface area contributed by atoms with Crippen LogP contribution in [0, 0.1) is 0 Å². The van der Waals surface area contributed by atoms with E-state index in [2.05, 4.69) is 33.8 Å². The highest BCUT2D eigenvalue weighted by atomic mass is 35.5. The molecule has 1 unspecified atom stereocenters. The van der Waals surface area contributed by atoms with Crippen molar-refractivity contribution in [2.75, 3.05) is 20.6 Å². The van der Waals surface area contributed by atoms with Gasteiger partial charge in [0.05, 0.1) is 5.69 Å². The van der Waals surface area contributed by atoms with Gasteiger partial charge in [0.15, 0.2) is 5.82 Å². The number of aromatic nitrogens is 3. The molecular weight excluding hydrogens is 395 g/mol. The predicted molar refractivity (Wildman–Crippen MR) is 111 cm³/mol. The first-order chi connectivity index (χ1) is 13.5. The summed E-state index contributed by atoms with van der Waals surface area (Å²) in [5.41, 5.74) is 2.88. The van der Waals surface area contributed by atoms with Gasteiger partial charge < -0.3 is 9.64 Å². The van der Waals surface area contributed by atoms with Crippen LogP contribution in [-0.4, -0.2) is 40.3 Å². The zero-order valence-corrected chi connectivity index (χ0v) is 17.4. The summed E-state index contributed by atoms with van der Waals surface area (Å²) in [5.74, 6) is 1.72. The average Bonchev–Trinajstić information content (AvgIpc) is 2.98. The summed E-state index contributed by atoms with van der Waals surface area (Å²) in [7, 11) is 4.15. The maximum Gasteiger partial charge on any atom is 0.163 e. The van der Waals surface area contributed by atoms with E-state index in [1.807, 2.05) is 42.5 Å². The largest absolute Gasteiger partial charge is 0.361 e. The third-order valence-electron chi connectivity index (χ3n) is 4.88. The van der Waals surface area contributed by atoms with E-state index in [9.17, 15) is 0 Å². The fourth-order valence-electron chi connectivity index (χ4n) is 3.57. The summed E-state index contributed by atoms with van der Waals surface area (Å²) in [4.78, 5) is 2.17. The van der Waals surface area contributed by atoms with Gasteiger partial charge in [-0.25, -0.2) is 0 Å². The second kappa shape index (κ2) is 8.21. The van der Waals surface area contributed by atoms with Crippen LogP contribution in [0.2, 0.25) is 10.0 Å². The highest BCUT2D eigenvalue weighted by molar-refractivity contribution is 6.31. The van der Waals surface area contributed by atoms with Gasteiger partial charge >= 0.3 is 0 Å². The Kier molecular flexibility index (Phi) is 5.69. The summed E-state index contributed by atoms with van der Waals surface area (Å²) in [6.45, 7) is 1.34. The quantitative estimate of drug-likeness (QED) is 0.604. The van der Waals surface area contributed by atoms with Gasteiger partial charge in [0.2, 0.25) is 0 Å². The third kappa shape index (κ3) is 3.80. The Hall–Kier alpha value is -1.92. The van der Waals surface area contributed by atoms with E-state index in [1.165, 1.54) is 0 Å². The maximum absolute atomic E-state index is 6.48. The van der Waals surface area contributed by atoms with Crippen molar-refractivity contribution in [1.29, 1.82) is 0 Å². The number of aryl methyl sites for hydroxylation is 1. The first-order valence-corrected chi connectivity index (χ1v) is 10.0. The van der Waals surface area contributed by atoms with Gasteiger partial charge in [0.1, 0.15) is 18.5 Å². The highest BCUT2D eigenvalue weighted by Crippen LogP contribution is 2.39. The number of nitrogens with zero attached hydrogens (tertiary/aromatic N) is 4. The Morgan fingerprint density at radius 1 is 1.11 bits per heavy atom. The Labute approximate surface area is 174 Å². The second-order valence-electron chi connectivity index (χ2n) is 7.19. The predicted octanol–water partition coefficient (Wildman–Crippen LogP) is 4.69. The molecule has 1 atom stereocenters. The van der Waals surface area contributed by atoms with Gasteiger partial charge in [-0.3, -0.25) is 4.57 Å². The fraction of sp³-hybridized carbons (Fsp3) is 0.333. The topological polar surface area (TPSA) is 43.2 Å². The van der Waals surface area contributed by atoms with Crippen LogP contribution >= 0.6 is 23.2 Å². The number of ether oxygens (including phenoxy) is 1. The third-order valence-corrected chi connectivity index (χ3v) is 5.46. The van der Waals surface area contributed by atoms with Crippen molar-refractivity contribution < 1.29 is 4.74 Å². The number of hydrogen-bond acceptors (Lipinski definition) is 4. The van der Waals surface area contributed by atoms with Gasteiger partial charge in [-0.15, -0.1) is 10.2 Å². The van der Waals surface area contributed by atoms with Crippen molar-refractivity contribution in [1.82, 2.24) is 19.7 Å². The average molecular weight is 417 g/mol. The molecule has 2 aromatic carbocycles. The minimum absolute atomic E-state index is 0.321. The summed E-state index contributed by atoms with van der Waals surface area (Å²) >= 11 is 12.8. The number of rotatable bonds is 5. The van der Waals surface area contributed by atoms with Crippen LogP contribution in [0.25, 0.3) is 5.69 Å².